The van der Waals surface area contributed by atoms with Gasteiger partial charge in [-0.25, -0.2) is 0 Å². The molecule has 6 heteroatoms. The van der Waals surface area contributed by atoms with Crippen LogP contribution in [0.15, 0.2) is 0 Å². The first-order valence-corrected chi connectivity index (χ1v) is 6.53. The second-order valence-electron chi connectivity index (χ2n) is 4.22. The molecule has 16 heavy (non-hydrogen) atoms. The van der Waals surface area contributed by atoms with Crippen molar-refractivity contribution in [2.45, 2.75) is 25.6 Å². The molecule has 1 aliphatic rings. The summed E-state index contributed by atoms with van der Waals surface area (Å²) in [5, 5.41) is 4.05. The Bertz CT molecular complexity index is 395. The second-order valence-corrected chi connectivity index (χ2v) is 5.54. The molecule has 2 rings (SSSR count). The van der Waals surface area contributed by atoms with Crippen LogP contribution >= 0.6 is 23.1 Å². The maximum atomic E-state index is 12.1. The monoisotopic (exact) mass is 259 g/mol. The van der Waals surface area contributed by atoms with Gasteiger partial charge >= 0.3 is 0 Å². The molecule has 0 aromatic carbocycles. The van der Waals surface area contributed by atoms with E-state index in [0.717, 1.165) is 25.2 Å². The van der Waals surface area contributed by atoms with E-state index in [-0.39, 0.29) is 11.3 Å². The SMILES string of the molecule is Cc1nnsc1C(=O)N1CCC(Cl)C(C)C1. The molecule has 1 saturated heterocycles. The molecule has 88 valence electrons. The number of aryl methyl sites for hydroxylation is 1. The molecule has 1 fully saturated rings. The lowest BCUT2D eigenvalue weighted by Crippen LogP contribution is -2.43. The van der Waals surface area contributed by atoms with E-state index >= 15 is 0 Å². The van der Waals surface area contributed by atoms with Gasteiger partial charge in [0.25, 0.3) is 5.91 Å². The summed E-state index contributed by atoms with van der Waals surface area (Å²) >= 11 is 7.30. The van der Waals surface area contributed by atoms with Gasteiger partial charge in [0.15, 0.2) is 0 Å². The standard InChI is InChI=1S/C10H14ClN3OS/c1-6-5-14(4-3-8(6)11)10(15)9-7(2)12-13-16-9/h6,8H,3-5H2,1-2H3. The summed E-state index contributed by atoms with van der Waals surface area (Å²) in [6, 6.07) is 0. The van der Waals surface area contributed by atoms with E-state index < -0.39 is 0 Å². The van der Waals surface area contributed by atoms with Gasteiger partial charge < -0.3 is 4.90 Å². The second kappa shape index (κ2) is 4.67. The highest BCUT2D eigenvalue weighted by atomic mass is 35.5. The normalized spacial score (nSPS) is 25.8. The maximum absolute atomic E-state index is 12.1. The molecule has 2 atom stereocenters. The van der Waals surface area contributed by atoms with E-state index in [2.05, 4.69) is 16.5 Å². The predicted octanol–water partition coefficient (Wildman–Crippen LogP) is 1.94. The number of nitrogens with zero attached hydrogens (tertiary/aromatic N) is 3. The molecule has 0 saturated carbocycles. The summed E-state index contributed by atoms with van der Waals surface area (Å²) in [4.78, 5) is 14.7. The first kappa shape index (κ1) is 11.8. The Labute approximate surface area is 104 Å². The number of hydrogen-bond acceptors (Lipinski definition) is 4. The summed E-state index contributed by atoms with van der Waals surface area (Å²) in [6.45, 7) is 5.35. The highest BCUT2D eigenvalue weighted by Gasteiger charge is 2.29. The van der Waals surface area contributed by atoms with Gasteiger partial charge in [0.2, 0.25) is 0 Å². The van der Waals surface area contributed by atoms with Crippen LogP contribution in [0.3, 0.4) is 0 Å². The van der Waals surface area contributed by atoms with Crippen LogP contribution < -0.4 is 0 Å². The number of amides is 1. The van der Waals surface area contributed by atoms with Crippen LogP contribution in [0.2, 0.25) is 0 Å². The fourth-order valence-corrected chi connectivity index (χ4v) is 2.68. The molecule has 0 bridgehead atoms. The highest BCUT2D eigenvalue weighted by Crippen LogP contribution is 2.24. The predicted molar refractivity (Wildman–Crippen MR) is 64.0 cm³/mol. The number of carbonyl (C=O) groups is 1. The van der Waals surface area contributed by atoms with Crippen molar-refractivity contribution in [3.8, 4) is 0 Å². The molecular weight excluding hydrogens is 246 g/mol. The fourth-order valence-electron chi connectivity index (χ4n) is 1.87. The number of hydrogen-bond donors (Lipinski definition) is 0. The molecule has 1 aromatic rings. The first-order valence-electron chi connectivity index (χ1n) is 5.32. The minimum Gasteiger partial charge on any atom is -0.337 e. The summed E-state index contributed by atoms with van der Waals surface area (Å²) in [7, 11) is 0. The third-order valence-corrected chi connectivity index (χ3v) is 4.40. The van der Waals surface area contributed by atoms with Crippen molar-refractivity contribution < 1.29 is 4.79 Å². The Morgan fingerprint density at radius 2 is 2.38 bits per heavy atom. The smallest absolute Gasteiger partial charge is 0.267 e. The van der Waals surface area contributed by atoms with E-state index in [0.29, 0.717) is 10.8 Å². The zero-order valence-electron chi connectivity index (χ0n) is 9.31. The van der Waals surface area contributed by atoms with Crippen LogP contribution in [0.25, 0.3) is 0 Å². The van der Waals surface area contributed by atoms with Crippen molar-refractivity contribution in [2.24, 2.45) is 5.92 Å². The number of halogens is 1. The van der Waals surface area contributed by atoms with Crippen molar-refractivity contribution in [3.63, 3.8) is 0 Å². The van der Waals surface area contributed by atoms with Gasteiger partial charge in [-0.3, -0.25) is 4.79 Å². The van der Waals surface area contributed by atoms with Crippen LogP contribution in [0, 0.1) is 12.8 Å². The Kier molecular flexibility index (Phi) is 3.44. The summed E-state index contributed by atoms with van der Waals surface area (Å²) in [5.41, 5.74) is 0.718. The number of rotatable bonds is 1. The van der Waals surface area contributed by atoms with Gasteiger partial charge in [-0.15, -0.1) is 16.7 Å². The van der Waals surface area contributed by atoms with Crippen LogP contribution in [0.5, 0.6) is 0 Å². The summed E-state index contributed by atoms with van der Waals surface area (Å²) in [5.74, 6) is 0.392. The molecule has 2 unspecified atom stereocenters. The zero-order valence-corrected chi connectivity index (χ0v) is 10.9. The molecule has 1 aliphatic heterocycles. The Balaban J connectivity index is 2.09. The van der Waals surface area contributed by atoms with E-state index in [9.17, 15) is 4.79 Å². The molecular formula is C10H14ClN3OS. The number of aromatic nitrogens is 2. The Hall–Kier alpha value is -0.680. The van der Waals surface area contributed by atoms with Crippen LogP contribution in [0.1, 0.15) is 28.7 Å². The van der Waals surface area contributed by atoms with Gasteiger partial charge in [0.1, 0.15) is 4.88 Å². The summed E-state index contributed by atoms with van der Waals surface area (Å²) < 4.78 is 3.79. The molecule has 2 heterocycles. The molecule has 4 nitrogen and oxygen atoms in total. The number of carbonyl (C=O) groups excluding carboxylic acids is 1. The van der Waals surface area contributed by atoms with Crippen molar-refractivity contribution >= 4 is 29.0 Å². The minimum absolute atomic E-state index is 0.0444. The lowest BCUT2D eigenvalue weighted by atomic mass is 9.99. The number of likely N-dealkylation sites (tertiary alicyclic amines) is 1. The van der Waals surface area contributed by atoms with E-state index in [4.69, 9.17) is 11.6 Å². The van der Waals surface area contributed by atoms with Gasteiger partial charge in [-0.05, 0) is 30.8 Å². The van der Waals surface area contributed by atoms with Crippen molar-refractivity contribution in [3.05, 3.63) is 10.6 Å². The highest BCUT2D eigenvalue weighted by molar-refractivity contribution is 7.07. The van der Waals surface area contributed by atoms with Crippen LogP contribution in [-0.2, 0) is 0 Å². The van der Waals surface area contributed by atoms with Gasteiger partial charge in [-0.1, -0.05) is 11.4 Å². The van der Waals surface area contributed by atoms with Crippen molar-refractivity contribution in [1.82, 2.24) is 14.5 Å². The maximum Gasteiger partial charge on any atom is 0.267 e. The van der Waals surface area contributed by atoms with E-state index in [1.165, 1.54) is 11.5 Å². The van der Waals surface area contributed by atoms with Crippen molar-refractivity contribution in [1.29, 1.82) is 0 Å². The first-order chi connectivity index (χ1) is 7.59. The Morgan fingerprint density at radius 3 is 2.94 bits per heavy atom. The third kappa shape index (κ3) is 2.20. The molecule has 1 aromatic heterocycles. The lowest BCUT2D eigenvalue weighted by Gasteiger charge is -2.33. The molecule has 1 amide bonds. The van der Waals surface area contributed by atoms with Gasteiger partial charge in [-0.2, -0.15) is 0 Å². The summed E-state index contributed by atoms with van der Waals surface area (Å²) in [6.07, 6.45) is 0.861. The average Bonchev–Trinajstić information content (AvgIpc) is 2.67. The molecule has 0 radical (unpaired) electrons. The van der Waals surface area contributed by atoms with Crippen LogP contribution in [0.4, 0.5) is 0 Å². The molecule has 0 spiro atoms. The molecule has 0 aliphatic carbocycles. The third-order valence-electron chi connectivity index (χ3n) is 2.93. The number of alkyl halides is 1. The van der Waals surface area contributed by atoms with Crippen LogP contribution in [-0.4, -0.2) is 38.9 Å². The Morgan fingerprint density at radius 1 is 1.62 bits per heavy atom. The van der Waals surface area contributed by atoms with Crippen molar-refractivity contribution in [2.75, 3.05) is 13.1 Å². The van der Waals surface area contributed by atoms with E-state index in [1.807, 2.05) is 11.8 Å². The zero-order chi connectivity index (χ0) is 11.7. The minimum atomic E-state index is 0.0444. The largest absolute Gasteiger partial charge is 0.337 e. The van der Waals surface area contributed by atoms with Gasteiger partial charge in [0.05, 0.1) is 5.69 Å². The fraction of sp³-hybridized carbons (Fsp3) is 0.700. The average molecular weight is 260 g/mol. The number of piperidine rings is 1. The van der Waals surface area contributed by atoms with E-state index in [1.54, 1.807) is 0 Å². The van der Waals surface area contributed by atoms with Gasteiger partial charge in [0, 0.05) is 18.5 Å². The quantitative estimate of drug-likeness (QED) is 0.724. The lowest BCUT2D eigenvalue weighted by molar-refractivity contribution is 0.0691. The topological polar surface area (TPSA) is 46.1 Å². The molecule has 0 N–H and O–H groups in total.